The topological polar surface area (TPSA) is 191 Å². The standard InChI is InChI=1S/C28H24N4O8S2.Na/c33-27(29-21-7-3-1-4-8-21)31-23-15-13-19(25(17-23)41(35,36)37)11-12-20-14-16-24(18-26(20)42(38,39)40)32-28(34)30-22-9-5-2-6-10-22;/h1-18H,(H2,29,31,33)(H2,30,32,34)(H,35,36,37)(H,38,39,40);. The number of anilines is 4. The first-order chi connectivity index (χ1) is 19.9. The zero-order valence-corrected chi connectivity index (χ0v) is 26.2. The summed E-state index contributed by atoms with van der Waals surface area (Å²) >= 11 is 0. The van der Waals surface area contributed by atoms with Gasteiger partial charge in [-0.25, -0.2) is 9.59 Å². The Morgan fingerprint density at radius 1 is 0.512 bits per heavy atom. The van der Waals surface area contributed by atoms with Gasteiger partial charge < -0.3 is 21.3 Å². The number of carbonyl (C=O) groups is 2. The number of amides is 4. The molecule has 0 aliphatic heterocycles. The quantitative estimate of drug-likeness (QED) is 0.0862. The van der Waals surface area contributed by atoms with Crippen LogP contribution >= 0.6 is 0 Å². The first-order valence-corrected chi connectivity index (χ1v) is 14.9. The van der Waals surface area contributed by atoms with E-state index in [2.05, 4.69) is 21.3 Å². The molecule has 0 heterocycles. The summed E-state index contributed by atoms with van der Waals surface area (Å²) in [7, 11) is -9.57. The number of urea groups is 2. The van der Waals surface area contributed by atoms with E-state index in [0.717, 1.165) is 12.1 Å². The Bertz CT molecular complexity index is 1730. The van der Waals surface area contributed by atoms with E-state index < -0.39 is 42.1 Å². The van der Waals surface area contributed by atoms with Crippen LogP contribution in [0, 0.1) is 0 Å². The number of hydrogen-bond acceptors (Lipinski definition) is 6. The molecule has 0 spiro atoms. The fraction of sp³-hybridized carbons (Fsp3) is 0. The Kier molecular flexibility index (Phi) is 11.2. The van der Waals surface area contributed by atoms with Gasteiger partial charge in [0.2, 0.25) is 0 Å². The Labute approximate surface area is 270 Å². The average Bonchev–Trinajstić information content (AvgIpc) is 2.92. The van der Waals surface area contributed by atoms with Crippen LogP contribution in [-0.4, -0.2) is 67.6 Å². The summed E-state index contributed by atoms with van der Waals surface area (Å²) in [4.78, 5) is 23.5. The van der Waals surface area contributed by atoms with Crippen LogP contribution in [0.5, 0.6) is 0 Å². The SMILES string of the molecule is O=C(Nc1ccccc1)Nc1ccc(C=Cc2ccc(NC(=O)Nc3ccccc3)cc2S(=O)(=O)O)c(S(=O)(=O)O)c1.[Na]. The van der Waals surface area contributed by atoms with Gasteiger partial charge in [0.05, 0.1) is 0 Å². The minimum absolute atomic E-state index is 0. The predicted octanol–water partition coefficient (Wildman–Crippen LogP) is 5.26. The van der Waals surface area contributed by atoms with E-state index >= 15 is 0 Å². The molecule has 43 heavy (non-hydrogen) atoms. The molecule has 0 saturated carbocycles. The maximum atomic E-state index is 12.3. The van der Waals surface area contributed by atoms with Crippen molar-refractivity contribution in [3.05, 3.63) is 108 Å². The average molecular weight is 632 g/mol. The molecule has 0 aliphatic rings. The van der Waals surface area contributed by atoms with Gasteiger partial charge in [-0.05, 0) is 59.7 Å². The Balaban J connectivity index is 0.00000506. The van der Waals surface area contributed by atoms with Crippen LogP contribution in [0.15, 0.2) is 107 Å². The summed E-state index contributed by atoms with van der Waals surface area (Å²) in [5.41, 5.74) is 1.01. The predicted molar refractivity (Wildman–Crippen MR) is 165 cm³/mol. The molecule has 0 atom stereocenters. The number of benzene rings is 4. The van der Waals surface area contributed by atoms with E-state index in [4.69, 9.17) is 0 Å². The summed E-state index contributed by atoms with van der Waals surface area (Å²) in [6.45, 7) is 0. The van der Waals surface area contributed by atoms with Gasteiger partial charge in [0.25, 0.3) is 20.2 Å². The third-order valence-corrected chi connectivity index (χ3v) is 7.42. The third-order valence-electron chi connectivity index (χ3n) is 5.60. The van der Waals surface area contributed by atoms with Crippen molar-refractivity contribution < 1.29 is 35.5 Å². The zero-order valence-electron chi connectivity index (χ0n) is 22.6. The Hall–Kier alpha value is -4.02. The van der Waals surface area contributed by atoms with Crippen molar-refractivity contribution in [2.45, 2.75) is 9.79 Å². The van der Waals surface area contributed by atoms with Gasteiger partial charge in [-0.3, -0.25) is 9.11 Å². The molecule has 15 heteroatoms. The summed E-state index contributed by atoms with van der Waals surface area (Å²) in [6.07, 6.45) is 2.41. The number of hydrogen-bond donors (Lipinski definition) is 6. The molecule has 4 aromatic rings. The molecule has 0 bridgehead atoms. The van der Waals surface area contributed by atoms with Gasteiger partial charge in [-0.1, -0.05) is 60.7 Å². The number of nitrogens with one attached hydrogen (secondary N) is 4. The van der Waals surface area contributed by atoms with E-state index in [-0.39, 0.29) is 52.1 Å². The molecule has 4 amide bonds. The van der Waals surface area contributed by atoms with Crippen LogP contribution < -0.4 is 21.3 Å². The van der Waals surface area contributed by atoms with Crippen molar-refractivity contribution in [3.63, 3.8) is 0 Å². The molecule has 4 rings (SSSR count). The van der Waals surface area contributed by atoms with Gasteiger partial charge in [-0.2, -0.15) is 16.8 Å². The number of carbonyl (C=O) groups excluding carboxylic acids is 2. The van der Waals surface area contributed by atoms with E-state index in [0.29, 0.717) is 11.4 Å². The minimum atomic E-state index is -4.78. The zero-order chi connectivity index (χ0) is 30.3. The number of para-hydroxylation sites is 2. The second-order valence-corrected chi connectivity index (χ2v) is 11.5. The molecular weight excluding hydrogens is 607 g/mol. The van der Waals surface area contributed by atoms with Crippen LogP contribution in [0.4, 0.5) is 32.3 Å². The largest absolute Gasteiger partial charge is 0.323 e. The fourth-order valence-electron chi connectivity index (χ4n) is 3.76. The van der Waals surface area contributed by atoms with Crippen molar-refractivity contribution in [2.24, 2.45) is 0 Å². The van der Waals surface area contributed by atoms with Crippen molar-refractivity contribution in [3.8, 4) is 0 Å². The van der Waals surface area contributed by atoms with E-state index in [9.17, 15) is 35.5 Å². The van der Waals surface area contributed by atoms with Crippen LogP contribution in [-0.2, 0) is 20.2 Å². The Morgan fingerprint density at radius 2 is 0.837 bits per heavy atom. The van der Waals surface area contributed by atoms with Gasteiger partial charge in [-0.15, -0.1) is 0 Å². The van der Waals surface area contributed by atoms with Crippen LogP contribution in [0.25, 0.3) is 12.2 Å². The van der Waals surface area contributed by atoms with Gasteiger partial charge in [0, 0.05) is 52.3 Å². The second-order valence-electron chi connectivity index (χ2n) is 8.68. The van der Waals surface area contributed by atoms with Crippen LogP contribution in [0.1, 0.15) is 11.1 Å². The molecular formula is C28H24N4NaO8S2. The normalized spacial score (nSPS) is 11.3. The molecule has 217 valence electrons. The molecule has 6 N–H and O–H groups in total. The molecule has 0 fully saturated rings. The van der Waals surface area contributed by atoms with Gasteiger partial charge in [0.1, 0.15) is 9.79 Å². The second kappa shape index (κ2) is 14.4. The summed E-state index contributed by atoms with van der Waals surface area (Å²) in [5.74, 6) is 0. The van der Waals surface area contributed by atoms with Crippen molar-refractivity contribution >= 4 is 96.8 Å². The minimum Gasteiger partial charge on any atom is -0.308 e. The molecule has 1 radical (unpaired) electrons. The van der Waals surface area contributed by atoms with E-state index in [1.165, 1.54) is 36.4 Å². The smallest absolute Gasteiger partial charge is 0.308 e. The molecule has 4 aromatic carbocycles. The van der Waals surface area contributed by atoms with Crippen LogP contribution in [0.3, 0.4) is 0 Å². The molecule has 12 nitrogen and oxygen atoms in total. The van der Waals surface area contributed by atoms with Crippen molar-refractivity contribution in [1.82, 2.24) is 0 Å². The van der Waals surface area contributed by atoms with Gasteiger partial charge in [0.15, 0.2) is 0 Å². The Morgan fingerprint density at radius 3 is 1.16 bits per heavy atom. The first-order valence-electron chi connectivity index (χ1n) is 12.1. The molecule has 0 aliphatic carbocycles. The maximum absolute atomic E-state index is 12.3. The summed E-state index contributed by atoms with van der Waals surface area (Å²) < 4.78 is 68.0. The van der Waals surface area contributed by atoms with Gasteiger partial charge >= 0.3 is 12.1 Å². The van der Waals surface area contributed by atoms with Crippen LogP contribution in [0.2, 0.25) is 0 Å². The molecule has 0 saturated heterocycles. The monoisotopic (exact) mass is 631 g/mol. The van der Waals surface area contributed by atoms with Crippen molar-refractivity contribution in [1.29, 1.82) is 0 Å². The molecule has 0 unspecified atom stereocenters. The van der Waals surface area contributed by atoms with Crippen molar-refractivity contribution in [2.75, 3.05) is 21.3 Å². The van der Waals surface area contributed by atoms with E-state index in [1.807, 2.05) is 0 Å². The summed E-state index contributed by atoms with van der Waals surface area (Å²) in [5, 5.41) is 10.1. The number of rotatable bonds is 8. The third kappa shape index (κ3) is 9.76. The fourth-order valence-corrected chi connectivity index (χ4v) is 5.18. The first kappa shape index (κ1) is 33.5. The van der Waals surface area contributed by atoms with E-state index in [1.54, 1.807) is 60.7 Å². The summed E-state index contributed by atoms with van der Waals surface area (Å²) in [6, 6.07) is 23.1. The molecule has 0 aromatic heterocycles. The maximum Gasteiger partial charge on any atom is 0.323 e.